The van der Waals surface area contributed by atoms with E-state index in [2.05, 4.69) is 13.8 Å². The van der Waals surface area contributed by atoms with Crippen molar-refractivity contribution in [2.75, 3.05) is 13.2 Å². The minimum atomic E-state index is -0.524. The van der Waals surface area contributed by atoms with E-state index in [9.17, 15) is 9.90 Å². The average molecular weight is 327 g/mol. The Morgan fingerprint density at radius 3 is 2.57 bits per heavy atom. The maximum atomic E-state index is 12.7. The molecule has 0 radical (unpaired) electrons. The molecule has 1 aliphatic carbocycles. The van der Waals surface area contributed by atoms with E-state index in [1.165, 1.54) is 0 Å². The number of hydrogen-bond acceptors (Lipinski definition) is 4. The lowest BCUT2D eigenvalue weighted by Crippen LogP contribution is -2.61. The van der Waals surface area contributed by atoms with Gasteiger partial charge < -0.3 is 14.6 Å². The molecule has 5 heteroatoms. The van der Waals surface area contributed by atoms with Crippen molar-refractivity contribution in [3.8, 4) is 0 Å². The fourth-order valence-corrected chi connectivity index (χ4v) is 3.89. The summed E-state index contributed by atoms with van der Waals surface area (Å²) in [7, 11) is 0. The highest BCUT2D eigenvalue weighted by Crippen LogP contribution is 2.42. The van der Waals surface area contributed by atoms with Gasteiger partial charge in [0, 0.05) is 5.92 Å². The molecule has 1 N–H and O–H groups in total. The molecule has 0 bridgehead atoms. The lowest BCUT2D eigenvalue weighted by molar-refractivity contribution is -0.117. The second-order valence-corrected chi connectivity index (χ2v) is 8.83. The number of amides is 1. The molecule has 1 saturated heterocycles. The number of carbonyl (C=O) groups is 1. The van der Waals surface area contributed by atoms with Crippen molar-refractivity contribution in [1.82, 2.24) is 4.90 Å². The second kappa shape index (κ2) is 6.60. The highest BCUT2D eigenvalue weighted by Gasteiger charge is 2.47. The number of ether oxygens (including phenoxy) is 2. The van der Waals surface area contributed by atoms with Gasteiger partial charge in [-0.3, -0.25) is 4.90 Å². The number of morpholine rings is 1. The van der Waals surface area contributed by atoms with Gasteiger partial charge in [0.05, 0.1) is 31.4 Å². The molecule has 1 heterocycles. The van der Waals surface area contributed by atoms with E-state index in [0.717, 1.165) is 19.3 Å². The molecule has 2 aliphatic rings. The van der Waals surface area contributed by atoms with Crippen LogP contribution in [0.25, 0.3) is 0 Å². The van der Waals surface area contributed by atoms with E-state index in [4.69, 9.17) is 9.47 Å². The summed E-state index contributed by atoms with van der Waals surface area (Å²) in [5.74, 6) is 0.0361. The Morgan fingerprint density at radius 2 is 1.96 bits per heavy atom. The Balaban J connectivity index is 2.21. The average Bonchev–Trinajstić information content (AvgIpc) is 2.39. The molecule has 0 aromatic heterocycles. The molecular weight excluding hydrogens is 294 g/mol. The normalized spacial score (nSPS) is 35.0. The molecule has 2 fully saturated rings. The number of rotatable bonds is 1. The number of carbonyl (C=O) groups excluding carboxylic acids is 1. The summed E-state index contributed by atoms with van der Waals surface area (Å²) in [5, 5.41) is 10.8. The van der Waals surface area contributed by atoms with Crippen LogP contribution in [0.1, 0.15) is 60.8 Å². The van der Waals surface area contributed by atoms with Crippen LogP contribution in [0.15, 0.2) is 0 Å². The quantitative estimate of drug-likeness (QED) is 0.803. The molecule has 23 heavy (non-hydrogen) atoms. The van der Waals surface area contributed by atoms with Crippen LogP contribution in [0.2, 0.25) is 0 Å². The van der Waals surface area contributed by atoms with Crippen molar-refractivity contribution in [3.05, 3.63) is 0 Å². The minimum absolute atomic E-state index is 0.0361. The van der Waals surface area contributed by atoms with E-state index >= 15 is 0 Å². The molecule has 0 aromatic carbocycles. The largest absolute Gasteiger partial charge is 0.444 e. The Labute approximate surface area is 140 Å². The molecule has 0 aromatic rings. The first-order valence-corrected chi connectivity index (χ1v) is 8.80. The molecule has 1 amide bonds. The van der Waals surface area contributed by atoms with Crippen molar-refractivity contribution in [2.24, 2.45) is 11.3 Å². The fraction of sp³-hybridized carbons (Fsp3) is 0.944. The lowest BCUT2D eigenvalue weighted by Gasteiger charge is -2.50. The van der Waals surface area contributed by atoms with Gasteiger partial charge in [-0.15, -0.1) is 0 Å². The molecule has 4 atom stereocenters. The van der Waals surface area contributed by atoms with Crippen LogP contribution < -0.4 is 0 Å². The molecule has 4 unspecified atom stereocenters. The zero-order valence-electron chi connectivity index (χ0n) is 15.5. The summed E-state index contributed by atoms with van der Waals surface area (Å²) in [5.41, 5.74) is -0.646. The Kier molecular flexibility index (Phi) is 5.31. The summed E-state index contributed by atoms with van der Waals surface area (Å²) in [6.45, 7) is 12.8. The van der Waals surface area contributed by atoms with Crippen LogP contribution in [-0.2, 0) is 9.47 Å². The third kappa shape index (κ3) is 4.18. The zero-order chi connectivity index (χ0) is 17.4. The minimum Gasteiger partial charge on any atom is -0.444 e. The van der Waals surface area contributed by atoms with Crippen LogP contribution in [0.3, 0.4) is 0 Å². The van der Waals surface area contributed by atoms with Gasteiger partial charge in [-0.05, 0) is 46.0 Å². The van der Waals surface area contributed by atoms with E-state index in [1.807, 2.05) is 32.6 Å². The Bertz CT molecular complexity index is 429. The maximum absolute atomic E-state index is 12.7. The Morgan fingerprint density at radius 1 is 1.30 bits per heavy atom. The monoisotopic (exact) mass is 327 g/mol. The predicted octanol–water partition coefficient (Wildman–Crippen LogP) is 3.20. The number of aliphatic hydroxyl groups is 1. The molecule has 0 spiro atoms. The number of aliphatic hydroxyl groups excluding tert-OH is 1. The zero-order valence-corrected chi connectivity index (χ0v) is 15.5. The van der Waals surface area contributed by atoms with Crippen LogP contribution in [-0.4, -0.2) is 53.1 Å². The first kappa shape index (κ1) is 18.5. The predicted molar refractivity (Wildman–Crippen MR) is 89.3 cm³/mol. The van der Waals surface area contributed by atoms with Crippen molar-refractivity contribution in [2.45, 2.75) is 84.6 Å². The lowest BCUT2D eigenvalue weighted by atomic mass is 9.67. The molecule has 134 valence electrons. The number of hydrogen-bond donors (Lipinski definition) is 1. The molecule has 1 saturated carbocycles. The van der Waals surface area contributed by atoms with E-state index in [0.29, 0.717) is 13.2 Å². The van der Waals surface area contributed by atoms with E-state index < -0.39 is 11.7 Å². The van der Waals surface area contributed by atoms with Gasteiger partial charge in [-0.1, -0.05) is 20.3 Å². The standard InChI is InChI=1S/C18H33NO4/c1-12-10-22-11-14(19(12)16(21)23-17(2,3)4)13-8-7-9-18(5,6)15(13)20/h12-15,20H,7-11H2,1-6H3. The first-order valence-electron chi connectivity index (χ1n) is 8.80. The summed E-state index contributed by atoms with van der Waals surface area (Å²) >= 11 is 0. The van der Waals surface area contributed by atoms with Gasteiger partial charge in [0.1, 0.15) is 5.60 Å². The summed E-state index contributed by atoms with van der Waals surface area (Å²) in [4.78, 5) is 14.5. The smallest absolute Gasteiger partial charge is 0.410 e. The molecular formula is C18H33NO4. The van der Waals surface area contributed by atoms with Crippen molar-refractivity contribution in [3.63, 3.8) is 0 Å². The van der Waals surface area contributed by atoms with Crippen LogP contribution >= 0.6 is 0 Å². The molecule has 5 nitrogen and oxygen atoms in total. The highest BCUT2D eigenvalue weighted by molar-refractivity contribution is 5.69. The first-order chi connectivity index (χ1) is 10.5. The van der Waals surface area contributed by atoms with Gasteiger partial charge >= 0.3 is 6.09 Å². The summed E-state index contributed by atoms with van der Waals surface area (Å²) < 4.78 is 11.3. The third-order valence-electron chi connectivity index (χ3n) is 5.14. The van der Waals surface area contributed by atoms with Crippen LogP contribution in [0.4, 0.5) is 4.79 Å². The fourth-order valence-electron chi connectivity index (χ4n) is 3.89. The SMILES string of the molecule is CC1COCC(C2CCCC(C)(C)C2O)N1C(=O)OC(C)(C)C. The van der Waals surface area contributed by atoms with E-state index in [1.54, 1.807) is 0 Å². The third-order valence-corrected chi connectivity index (χ3v) is 5.14. The van der Waals surface area contributed by atoms with Gasteiger partial charge in [0.25, 0.3) is 0 Å². The van der Waals surface area contributed by atoms with Gasteiger partial charge in [-0.25, -0.2) is 4.79 Å². The highest BCUT2D eigenvalue weighted by atomic mass is 16.6. The van der Waals surface area contributed by atoms with Gasteiger partial charge in [0.2, 0.25) is 0 Å². The maximum Gasteiger partial charge on any atom is 0.410 e. The van der Waals surface area contributed by atoms with Crippen LogP contribution in [0.5, 0.6) is 0 Å². The topological polar surface area (TPSA) is 59.0 Å². The summed E-state index contributed by atoms with van der Waals surface area (Å²) in [6, 6.07) is -0.163. The van der Waals surface area contributed by atoms with Crippen molar-refractivity contribution >= 4 is 6.09 Å². The molecule has 1 aliphatic heterocycles. The van der Waals surface area contributed by atoms with Crippen molar-refractivity contribution in [1.29, 1.82) is 0 Å². The second-order valence-electron chi connectivity index (χ2n) is 8.83. The van der Waals surface area contributed by atoms with Gasteiger partial charge in [0.15, 0.2) is 0 Å². The molecule has 2 rings (SSSR count). The Hall–Kier alpha value is -0.810. The van der Waals surface area contributed by atoms with Crippen LogP contribution in [0, 0.1) is 11.3 Å². The summed E-state index contributed by atoms with van der Waals surface area (Å²) in [6.07, 6.45) is 2.28. The van der Waals surface area contributed by atoms with Gasteiger partial charge in [-0.2, -0.15) is 0 Å². The van der Waals surface area contributed by atoms with Crippen molar-refractivity contribution < 1.29 is 19.4 Å². The van der Waals surface area contributed by atoms with E-state index in [-0.39, 0.29) is 29.5 Å². The number of nitrogens with zero attached hydrogens (tertiary/aromatic N) is 1.